The summed E-state index contributed by atoms with van der Waals surface area (Å²) in [6.07, 6.45) is 0.734. The summed E-state index contributed by atoms with van der Waals surface area (Å²) in [6, 6.07) is 4.06. The Bertz CT molecular complexity index is 424. The fourth-order valence-electron chi connectivity index (χ4n) is 2.00. The van der Waals surface area contributed by atoms with Crippen LogP contribution < -0.4 is 4.74 Å². The zero-order valence-corrected chi connectivity index (χ0v) is 9.24. The third kappa shape index (κ3) is 1.58. The second-order valence-electron chi connectivity index (χ2n) is 4.08. The van der Waals surface area contributed by atoms with Crippen molar-refractivity contribution in [2.24, 2.45) is 5.16 Å². The summed E-state index contributed by atoms with van der Waals surface area (Å²) in [7, 11) is 0. The predicted molar refractivity (Wildman–Crippen MR) is 58.9 cm³/mol. The standard InChI is InChI=1S/C12H15NO2/c1-7-4-5-8(2)12-11(7)10(13-14)6-9(3)15-12/h4-5,9,14H,6H2,1-3H3. The molecule has 80 valence electrons. The molecule has 0 aromatic heterocycles. The van der Waals surface area contributed by atoms with Crippen LogP contribution in [0.25, 0.3) is 0 Å². The zero-order valence-electron chi connectivity index (χ0n) is 9.24. The average molecular weight is 205 g/mol. The van der Waals surface area contributed by atoms with Crippen LogP contribution in [-0.4, -0.2) is 17.0 Å². The number of fused-ring (bicyclic) bond motifs is 1. The van der Waals surface area contributed by atoms with Gasteiger partial charge in [0.25, 0.3) is 0 Å². The van der Waals surface area contributed by atoms with Gasteiger partial charge in [-0.15, -0.1) is 0 Å². The van der Waals surface area contributed by atoms with Gasteiger partial charge in [-0.2, -0.15) is 0 Å². The van der Waals surface area contributed by atoms with Gasteiger partial charge in [0, 0.05) is 12.0 Å². The van der Waals surface area contributed by atoms with E-state index in [1.54, 1.807) is 0 Å². The number of nitrogens with zero attached hydrogens (tertiary/aromatic N) is 1. The van der Waals surface area contributed by atoms with Crippen molar-refractivity contribution in [1.82, 2.24) is 0 Å². The van der Waals surface area contributed by atoms with Gasteiger partial charge in [-0.05, 0) is 31.9 Å². The Balaban J connectivity index is 2.65. The van der Waals surface area contributed by atoms with Crippen LogP contribution in [0.4, 0.5) is 0 Å². The molecule has 0 spiro atoms. The monoisotopic (exact) mass is 205 g/mol. The third-order valence-corrected chi connectivity index (χ3v) is 2.77. The Morgan fingerprint density at radius 2 is 2.00 bits per heavy atom. The number of rotatable bonds is 0. The SMILES string of the molecule is Cc1ccc(C)c2c1OC(C)CC2=NO. The molecule has 3 heteroatoms. The van der Waals surface area contributed by atoms with Crippen LogP contribution in [0.5, 0.6) is 5.75 Å². The molecule has 1 N–H and O–H groups in total. The van der Waals surface area contributed by atoms with Crippen molar-refractivity contribution in [3.63, 3.8) is 0 Å². The van der Waals surface area contributed by atoms with Gasteiger partial charge in [0.05, 0.1) is 5.71 Å². The van der Waals surface area contributed by atoms with E-state index in [2.05, 4.69) is 5.16 Å². The molecule has 1 aromatic carbocycles. The second kappa shape index (κ2) is 3.57. The van der Waals surface area contributed by atoms with Gasteiger partial charge in [-0.1, -0.05) is 17.3 Å². The molecular weight excluding hydrogens is 190 g/mol. The molecule has 3 nitrogen and oxygen atoms in total. The van der Waals surface area contributed by atoms with Gasteiger partial charge in [-0.3, -0.25) is 0 Å². The Morgan fingerprint density at radius 1 is 1.33 bits per heavy atom. The van der Waals surface area contributed by atoms with Crippen molar-refractivity contribution in [3.05, 3.63) is 28.8 Å². The van der Waals surface area contributed by atoms with Crippen LogP contribution in [0.1, 0.15) is 30.0 Å². The van der Waals surface area contributed by atoms with E-state index >= 15 is 0 Å². The molecule has 1 heterocycles. The summed E-state index contributed by atoms with van der Waals surface area (Å²) in [4.78, 5) is 0. The maximum atomic E-state index is 9.00. The molecular formula is C12H15NO2. The topological polar surface area (TPSA) is 41.8 Å². The van der Waals surface area contributed by atoms with E-state index in [1.807, 2.05) is 32.9 Å². The number of ether oxygens (including phenoxy) is 1. The van der Waals surface area contributed by atoms with Gasteiger partial charge in [0.1, 0.15) is 11.9 Å². The lowest BCUT2D eigenvalue weighted by Gasteiger charge is -2.26. The number of hydrogen-bond acceptors (Lipinski definition) is 3. The molecule has 2 rings (SSSR count). The average Bonchev–Trinajstić information content (AvgIpc) is 2.22. The first-order chi connectivity index (χ1) is 7.13. The van der Waals surface area contributed by atoms with Gasteiger partial charge in [-0.25, -0.2) is 0 Å². The van der Waals surface area contributed by atoms with Crippen molar-refractivity contribution in [3.8, 4) is 5.75 Å². The van der Waals surface area contributed by atoms with E-state index in [4.69, 9.17) is 9.94 Å². The van der Waals surface area contributed by atoms with Crippen LogP contribution in [0.15, 0.2) is 17.3 Å². The minimum atomic E-state index is 0.0731. The Hall–Kier alpha value is -1.51. The lowest BCUT2D eigenvalue weighted by molar-refractivity contribution is 0.216. The highest BCUT2D eigenvalue weighted by Crippen LogP contribution is 2.33. The Kier molecular flexibility index (Phi) is 2.39. The molecule has 1 aromatic rings. The number of aryl methyl sites for hydroxylation is 2. The highest BCUT2D eigenvalue weighted by molar-refractivity contribution is 6.05. The first kappa shape index (κ1) is 10.0. The first-order valence-corrected chi connectivity index (χ1v) is 5.11. The predicted octanol–water partition coefficient (Wildman–Crippen LogP) is 2.65. The lowest BCUT2D eigenvalue weighted by Crippen LogP contribution is -2.26. The molecule has 1 aliphatic rings. The lowest BCUT2D eigenvalue weighted by atomic mass is 9.94. The summed E-state index contributed by atoms with van der Waals surface area (Å²) in [6.45, 7) is 5.99. The minimum absolute atomic E-state index is 0.0731. The van der Waals surface area contributed by atoms with Gasteiger partial charge in [0.2, 0.25) is 0 Å². The minimum Gasteiger partial charge on any atom is -0.489 e. The largest absolute Gasteiger partial charge is 0.489 e. The Morgan fingerprint density at radius 3 is 2.67 bits per heavy atom. The molecule has 0 fully saturated rings. The van der Waals surface area contributed by atoms with Crippen LogP contribution in [0.2, 0.25) is 0 Å². The van der Waals surface area contributed by atoms with Crippen molar-refractivity contribution in [2.75, 3.05) is 0 Å². The summed E-state index contributed by atoms with van der Waals surface area (Å²) in [5, 5.41) is 12.4. The fraction of sp³-hybridized carbons (Fsp3) is 0.417. The van der Waals surface area contributed by atoms with E-state index in [0.717, 1.165) is 28.2 Å². The van der Waals surface area contributed by atoms with Crippen molar-refractivity contribution in [1.29, 1.82) is 0 Å². The van der Waals surface area contributed by atoms with Gasteiger partial charge < -0.3 is 9.94 Å². The van der Waals surface area contributed by atoms with Crippen molar-refractivity contribution in [2.45, 2.75) is 33.3 Å². The highest BCUT2D eigenvalue weighted by Gasteiger charge is 2.25. The first-order valence-electron chi connectivity index (χ1n) is 5.11. The molecule has 1 aliphatic heterocycles. The summed E-state index contributed by atoms with van der Waals surface area (Å²) in [5.74, 6) is 0.863. The molecule has 15 heavy (non-hydrogen) atoms. The highest BCUT2D eigenvalue weighted by atomic mass is 16.5. The van der Waals surface area contributed by atoms with E-state index in [0.29, 0.717) is 6.42 Å². The smallest absolute Gasteiger partial charge is 0.132 e. The van der Waals surface area contributed by atoms with Crippen LogP contribution in [-0.2, 0) is 0 Å². The summed E-state index contributed by atoms with van der Waals surface area (Å²) >= 11 is 0. The molecule has 0 bridgehead atoms. The molecule has 0 saturated carbocycles. The third-order valence-electron chi connectivity index (χ3n) is 2.77. The molecule has 0 aliphatic carbocycles. The van der Waals surface area contributed by atoms with Gasteiger partial charge in [0.15, 0.2) is 0 Å². The van der Waals surface area contributed by atoms with Gasteiger partial charge >= 0.3 is 0 Å². The fourth-order valence-corrected chi connectivity index (χ4v) is 2.00. The maximum absolute atomic E-state index is 9.00. The van der Waals surface area contributed by atoms with Crippen molar-refractivity contribution >= 4 is 5.71 Å². The number of oxime groups is 1. The van der Waals surface area contributed by atoms with E-state index in [9.17, 15) is 0 Å². The zero-order chi connectivity index (χ0) is 11.0. The summed E-state index contributed by atoms with van der Waals surface area (Å²) < 4.78 is 5.78. The molecule has 1 atom stereocenters. The molecule has 1 unspecified atom stereocenters. The second-order valence-corrected chi connectivity index (χ2v) is 4.08. The van der Waals surface area contributed by atoms with E-state index in [1.165, 1.54) is 0 Å². The Labute approximate surface area is 89.4 Å². The number of benzene rings is 1. The van der Waals surface area contributed by atoms with Crippen LogP contribution in [0, 0.1) is 13.8 Å². The van der Waals surface area contributed by atoms with Crippen molar-refractivity contribution < 1.29 is 9.94 Å². The summed E-state index contributed by atoms with van der Waals surface area (Å²) in [5.41, 5.74) is 3.86. The van der Waals surface area contributed by atoms with E-state index in [-0.39, 0.29) is 6.10 Å². The normalized spacial score (nSPS) is 22.3. The molecule has 0 saturated heterocycles. The van der Waals surface area contributed by atoms with Crippen LogP contribution in [0.3, 0.4) is 0 Å². The molecule has 0 radical (unpaired) electrons. The molecule has 0 amide bonds. The quantitative estimate of drug-likeness (QED) is 0.522. The number of hydrogen-bond donors (Lipinski definition) is 1. The maximum Gasteiger partial charge on any atom is 0.132 e. The van der Waals surface area contributed by atoms with E-state index < -0.39 is 0 Å². The van der Waals surface area contributed by atoms with Crippen LogP contribution >= 0.6 is 0 Å².